The van der Waals surface area contributed by atoms with Crippen molar-refractivity contribution in [3.8, 4) is 6.07 Å². The fourth-order valence-electron chi connectivity index (χ4n) is 2.46. The van der Waals surface area contributed by atoms with Gasteiger partial charge in [0.15, 0.2) is 0 Å². The Morgan fingerprint density at radius 2 is 1.85 bits per heavy atom. The number of hydrogen-bond acceptors (Lipinski definition) is 2. The highest BCUT2D eigenvalue weighted by molar-refractivity contribution is 5.92. The number of nitrogens with zero attached hydrogens (tertiary/aromatic N) is 2. The van der Waals surface area contributed by atoms with E-state index in [4.69, 9.17) is 5.26 Å². The first-order chi connectivity index (χ1) is 9.23. The zero-order valence-corrected chi connectivity index (χ0v) is 13.1. The molecule has 0 saturated heterocycles. The van der Waals surface area contributed by atoms with Crippen LogP contribution in [0.5, 0.6) is 0 Å². The summed E-state index contributed by atoms with van der Waals surface area (Å²) in [5, 5.41) is 8.77. The van der Waals surface area contributed by atoms with E-state index < -0.39 is 0 Å². The molecule has 0 aromatic heterocycles. The summed E-state index contributed by atoms with van der Waals surface area (Å²) in [6, 6.07) is 9.17. The SMILES string of the molecule is CC(CC(=O)N(C)c1ccc(C#N)cc1)CC(C)(C)C. The van der Waals surface area contributed by atoms with Gasteiger partial charge >= 0.3 is 0 Å². The molecule has 0 spiro atoms. The highest BCUT2D eigenvalue weighted by atomic mass is 16.2. The smallest absolute Gasteiger partial charge is 0.226 e. The number of nitriles is 1. The molecule has 0 aliphatic heterocycles. The quantitative estimate of drug-likeness (QED) is 0.832. The first-order valence-electron chi connectivity index (χ1n) is 6.99. The largest absolute Gasteiger partial charge is 0.315 e. The Hall–Kier alpha value is -1.82. The molecule has 0 aliphatic rings. The van der Waals surface area contributed by atoms with Crippen LogP contribution in [0.2, 0.25) is 0 Å². The van der Waals surface area contributed by atoms with Crippen molar-refractivity contribution in [1.82, 2.24) is 0 Å². The third-order valence-electron chi connectivity index (χ3n) is 3.24. The van der Waals surface area contributed by atoms with Crippen LogP contribution < -0.4 is 4.90 Å². The van der Waals surface area contributed by atoms with Crippen molar-refractivity contribution in [2.24, 2.45) is 11.3 Å². The molecule has 0 fully saturated rings. The number of benzene rings is 1. The molecular formula is C17H24N2O. The minimum absolute atomic E-state index is 0.117. The van der Waals surface area contributed by atoms with Crippen LogP contribution >= 0.6 is 0 Å². The minimum Gasteiger partial charge on any atom is -0.315 e. The second-order valence-electron chi connectivity index (χ2n) is 6.69. The van der Waals surface area contributed by atoms with Crippen molar-refractivity contribution in [1.29, 1.82) is 5.26 Å². The summed E-state index contributed by atoms with van der Waals surface area (Å²) >= 11 is 0. The van der Waals surface area contributed by atoms with Crippen molar-refractivity contribution in [3.05, 3.63) is 29.8 Å². The average molecular weight is 272 g/mol. The van der Waals surface area contributed by atoms with Crippen LogP contribution in [-0.4, -0.2) is 13.0 Å². The predicted octanol–water partition coefficient (Wildman–Crippen LogP) is 3.98. The van der Waals surface area contributed by atoms with E-state index in [2.05, 4.69) is 33.8 Å². The number of amides is 1. The second-order valence-corrected chi connectivity index (χ2v) is 6.69. The molecule has 0 aliphatic carbocycles. The van der Waals surface area contributed by atoms with E-state index in [0.717, 1.165) is 12.1 Å². The molecule has 0 heterocycles. The van der Waals surface area contributed by atoms with Gasteiger partial charge in [-0.3, -0.25) is 4.79 Å². The monoisotopic (exact) mass is 272 g/mol. The number of carbonyl (C=O) groups excluding carboxylic acids is 1. The first-order valence-corrected chi connectivity index (χ1v) is 6.99. The molecule has 3 heteroatoms. The average Bonchev–Trinajstić information content (AvgIpc) is 2.35. The molecule has 3 nitrogen and oxygen atoms in total. The molecule has 0 N–H and O–H groups in total. The van der Waals surface area contributed by atoms with E-state index in [1.54, 1.807) is 24.1 Å². The zero-order valence-electron chi connectivity index (χ0n) is 13.1. The lowest BCUT2D eigenvalue weighted by Crippen LogP contribution is -2.28. The van der Waals surface area contributed by atoms with Crippen molar-refractivity contribution in [2.75, 3.05) is 11.9 Å². The Bertz CT molecular complexity index is 491. The van der Waals surface area contributed by atoms with Crippen molar-refractivity contribution in [3.63, 3.8) is 0 Å². The van der Waals surface area contributed by atoms with E-state index in [1.807, 2.05) is 12.1 Å². The van der Waals surface area contributed by atoms with Crippen LogP contribution in [-0.2, 0) is 4.79 Å². The molecule has 1 aromatic carbocycles. The normalized spacial score (nSPS) is 12.6. The van der Waals surface area contributed by atoms with E-state index in [1.165, 1.54) is 0 Å². The summed E-state index contributed by atoms with van der Waals surface area (Å²) in [4.78, 5) is 13.9. The molecule has 0 bridgehead atoms. The lowest BCUT2D eigenvalue weighted by Gasteiger charge is -2.25. The lowest BCUT2D eigenvalue weighted by molar-refractivity contribution is -0.119. The molecule has 1 atom stereocenters. The molecule has 20 heavy (non-hydrogen) atoms. The maximum atomic E-state index is 12.3. The molecule has 0 saturated carbocycles. The highest BCUT2D eigenvalue weighted by Crippen LogP contribution is 2.26. The Labute approximate surface area is 122 Å². The van der Waals surface area contributed by atoms with Gasteiger partial charge in [0.25, 0.3) is 0 Å². The van der Waals surface area contributed by atoms with Gasteiger partial charge in [0.2, 0.25) is 5.91 Å². The minimum atomic E-state index is 0.117. The summed E-state index contributed by atoms with van der Waals surface area (Å²) in [7, 11) is 1.79. The van der Waals surface area contributed by atoms with Gasteiger partial charge in [-0.2, -0.15) is 5.26 Å². The maximum Gasteiger partial charge on any atom is 0.226 e. The van der Waals surface area contributed by atoms with Crippen LogP contribution in [0.4, 0.5) is 5.69 Å². The summed E-state index contributed by atoms with van der Waals surface area (Å²) in [6.07, 6.45) is 1.58. The van der Waals surface area contributed by atoms with Crippen LogP contribution in [0.1, 0.15) is 46.1 Å². The summed E-state index contributed by atoms with van der Waals surface area (Å²) in [5.41, 5.74) is 1.68. The van der Waals surface area contributed by atoms with Crippen LogP contribution in [0.25, 0.3) is 0 Å². The van der Waals surface area contributed by atoms with E-state index in [9.17, 15) is 4.79 Å². The third kappa shape index (κ3) is 5.05. The fourth-order valence-corrected chi connectivity index (χ4v) is 2.46. The highest BCUT2D eigenvalue weighted by Gasteiger charge is 2.20. The van der Waals surface area contributed by atoms with E-state index in [-0.39, 0.29) is 11.3 Å². The molecule has 1 aromatic rings. The Balaban J connectivity index is 2.64. The standard InChI is InChI=1S/C17H24N2O/c1-13(11-17(2,3)4)10-16(20)19(5)15-8-6-14(12-18)7-9-15/h6-9,13H,10-11H2,1-5H3. The number of anilines is 1. The van der Waals surface area contributed by atoms with Gasteiger partial charge in [-0.1, -0.05) is 27.7 Å². The topological polar surface area (TPSA) is 44.1 Å². The molecule has 108 valence electrons. The van der Waals surface area contributed by atoms with Crippen LogP contribution in [0.15, 0.2) is 24.3 Å². The van der Waals surface area contributed by atoms with Crippen molar-refractivity contribution < 1.29 is 4.79 Å². The fraction of sp³-hybridized carbons (Fsp3) is 0.529. The van der Waals surface area contributed by atoms with Gasteiger partial charge in [0, 0.05) is 19.2 Å². The summed E-state index contributed by atoms with van der Waals surface area (Å²) in [6.45, 7) is 8.70. The van der Waals surface area contributed by atoms with Gasteiger partial charge in [0.05, 0.1) is 11.6 Å². The third-order valence-corrected chi connectivity index (χ3v) is 3.24. The number of rotatable bonds is 4. The van der Waals surface area contributed by atoms with Gasteiger partial charge in [-0.05, 0) is 42.0 Å². The van der Waals surface area contributed by atoms with Crippen LogP contribution in [0, 0.1) is 22.7 Å². The van der Waals surface area contributed by atoms with Gasteiger partial charge in [0.1, 0.15) is 0 Å². The molecule has 0 radical (unpaired) electrons. The van der Waals surface area contributed by atoms with Crippen molar-refractivity contribution >= 4 is 11.6 Å². The molecule has 1 amide bonds. The first kappa shape index (κ1) is 16.2. The Morgan fingerprint density at radius 1 is 1.30 bits per heavy atom. The molecule has 1 rings (SSSR count). The Kier molecular flexibility index (Phi) is 5.33. The zero-order chi connectivity index (χ0) is 15.3. The second kappa shape index (κ2) is 6.56. The number of carbonyl (C=O) groups is 1. The van der Waals surface area contributed by atoms with Crippen LogP contribution in [0.3, 0.4) is 0 Å². The summed E-state index contributed by atoms with van der Waals surface area (Å²) < 4.78 is 0. The predicted molar refractivity (Wildman–Crippen MR) is 82.4 cm³/mol. The maximum absolute atomic E-state index is 12.3. The van der Waals surface area contributed by atoms with Gasteiger partial charge < -0.3 is 4.90 Å². The molecular weight excluding hydrogens is 248 g/mol. The van der Waals surface area contributed by atoms with Gasteiger partial charge in [-0.25, -0.2) is 0 Å². The van der Waals surface area contributed by atoms with Crippen molar-refractivity contribution in [2.45, 2.75) is 40.5 Å². The summed E-state index contributed by atoms with van der Waals surface area (Å²) in [5.74, 6) is 0.481. The van der Waals surface area contributed by atoms with E-state index >= 15 is 0 Å². The molecule has 1 unspecified atom stereocenters. The lowest BCUT2D eigenvalue weighted by atomic mass is 9.84. The van der Waals surface area contributed by atoms with Gasteiger partial charge in [-0.15, -0.1) is 0 Å². The van der Waals surface area contributed by atoms with E-state index in [0.29, 0.717) is 17.9 Å². The Morgan fingerprint density at radius 3 is 2.30 bits per heavy atom. The number of hydrogen-bond donors (Lipinski definition) is 0.